The van der Waals surface area contributed by atoms with Gasteiger partial charge in [-0.2, -0.15) is 0 Å². The van der Waals surface area contributed by atoms with Crippen molar-refractivity contribution >= 4 is 0 Å². The lowest BCUT2D eigenvalue weighted by molar-refractivity contribution is 0.0452. The van der Waals surface area contributed by atoms with Crippen molar-refractivity contribution in [3.8, 4) is 0 Å². The number of nitrogens with zero attached hydrogens (tertiary/aromatic N) is 1. The van der Waals surface area contributed by atoms with Crippen LogP contribution in [0.1, 0.15) is 18.2 Å². The molecule has 84 valence electrons. The molecule has 4 nitrogen and oxygen atoms in total. The molecule has 0 aliphatic carbocycles. The molecule has 0 saturated heterocycles. The molecular weight excluding hydrogens is 192 g/mol. The third-order valence-corrected chi connectivity index (χ3v) is 1.93. The molecule has 1 heterocycles. The van der Waals surface area contributed by atoms with Gasteiger partial charge in [-0.05, 0) is 24.6 Å². The van der Waals surface area contributed by atoms with Crippen molar-refractivity contribution in [3.63, 3.8) is 0 Å². The Kier molecular flexibility index (Phi) is 5.92. The SMILES string of the molecule is CCOCCOCc1ccnc(CN)c1. The molecule has 0 bridgehead atoms. The van der Waals surface area contributed by atoms with E-state index in [1.807, 2.05) is 19.1 Å². The topological polar surface area (TPSA) is 57.4 Å². The van der Waals surface area contributed by atoms with Crippen molar-refractivity contribution in [3.05, 3.63) is 29.6 Å². The van der Waals surface area contributed by atoms with E-state index >= 15 is 0 Å². The van der Waals surface area contributed by atoms with Crippen molar-refractivity contribution in [2.75, 3.05) is 19.8 Å². The van der Waals surface area contributed by atoms with Gasteiger partial charge >= 0.3 is 0 Å². The fraction of sp³-hybridized carbons (Fsp3) is 0.545. The summed E-state index contributed by atoms with van der Waals surface area (Å²) >= 11 is 0. The van der Waals surface area contributed by atoms with Crippen LogP contribution in [0.15, 0.2) is 18.3 Å². The highest BCUT2D eigenvalue weighted by atomic mass is 16.5. The fourth-order valence-electron chi connectivity index (χ4n) is 1.18. The molecule has 0 radical (unpaired) electrons. The lowest BCUT2D eigenvalue weighted by atomic mass is 10.2. The summed E-state index contributed by atoms with van der Waals surface area (Å²) in [6, 6.07) is 3.89. The summed E-state index contributed by atoms with van der Waals surface area (Å²) in [6.07, 6.45) is 1.75. The third kappa shape index (κ3) is 4.88. The molecule has 4 heteroatoms. The maximum absolute atomic E-state index is 5.49. The highest BCUT2D eigenvalue weighted by Crippen LogP contribution is 2.02. The van der Waals surface area contributed by atoms with Crippen molar-refractivity contribution < 1.29 is 9.47 Å². The third-order valence-electron chi connectivity index (χ3n) is 1.93. The van der Waals surface area contributed by atoms with Crippen LogP contribution < -0.4 is 5.73 Å². The minimum absolute atomic E-state index is 0.465. The second-order valence-corrected chi connectivity index (χ2v) is 3.11. The van der Waals surface area contributed by atoms with Crippen molar-refractivity contribution in [2.45, 2.75) is 20.1 Å². The van der Waals surface area contributed by atoms with Gasteiger partial charge in [0.25, 0.3) is 0 Å². The molecule has 1 aromatic rings. The normalized spacial score (nSPS) is 10.5. The van der Waals surface area contributed by atoms with E-state index in [0.717, 1.165) is 17.9 Å². The van der Waals surface area contributed by atoms with Gasteiger partial charge in [-0.25, -0.2) is 0 Å². The minimum atomic E-state index is 0.465. The van der Waals surface area contributed by atoms with Crippen LogP contribution in [0.3, 0.4) is 0 Å². The molecule has 0 saturated carbocycles. The van der Waals surface area contributed by atoms with Crippen LogP contribution in [-0.4, -0.2) is 24.8 Å². The van der Waals surface area contributed by atoms with Gasteiger partial charge in [0.05, 0.1) is 25.5 Å². The number of ether oxygens (including phenoxy) is 2. The predicted molar refractivity (Wildman–Crippen MR) is 58.3 cm³/mol. The van der Waals surface area contributed by atoms with Crippen molar-refractivity contribution in [2.24, 2.45) is 5.73 Å². The van der Waals surface area contributed by atoms with Gasteiger partial charge in [0.2, 0.25) is 0 Å². The van der Waals surface area contributed by atoms with Gasteiger partial charge < -0.3 is 15.2 Å². The van der Waals surface area contributed by atoms with Gasteiger partial charge in [-0.3, -0.25) is 4.98 Å². The number of rotatable bonds is 7. The number of nitrogens with two attached hydrogens (primary N) is 1. The smallest absolute Gasteiger partial charge is 0.0719 e. The summed E-state index contributed by atoms with van der Waals surface area (Å²) in [4.78, 5) is 4.11. The van der Waals surface area contributed by atoms with Gasteiger partial charge in [0.15, 0.2) is 0 Å². The van der Waals surface area contributed by atoms with E-state index in [2.05, 4.69) is 4.98 Å². The van der Waals surface area contributed by atoms with Crippen LogP contribution in [0.4, 0.5) is 0 Å². The minimum Gasteiger partial charge on any atom is -0.379 e. The highest BCUT2D eigenvalue weighted by Gasteiger charge is 1.96. The van der Waals surface area contributed by atoms with Gasteiger partial charge in [-0.15, -0.1) is 0 Å². The molecule has 2 N–H and O–H groups in total. The Labute approximate surface area is 90.4 Å². The standard InChI is InChI=1S/C11H18N2O2/c1-2-14-5-6-15-9-10-3-4-13-11(7-10)8-12/h3-4,7H,2,5-6,8-9,12H2,1H3. The molecular formula is C11H18N2O2. The largest absolute Gasteiger partial charge is 0.379 e. The summed E-state index contributed by atoms with van der Waals surface area (Å²) in [5, 5.41) is 0. The lowest BCUT2D eigenvalue weighted by Gasteiger charge is -2.05. The molecule has 1 aromatic heterocycles. The number of aromatic nitrogens is 1. The lowest BCUT2D eigenvalue weighted by Crippen LogP contribution is -2.05. The second kappa shape index (κ2) is 7.34. The molecule has 0 aliphatic heterocycles. The first kappa shape index (κ1) is 12.1. The van der Waals surface area contributed by atoms with Crippen molar-refractivity contribution in [1.29, 1.82) is 0 Å². The molecule has 0 spiro atoms. The molecule has 0 atom stereocenters. The van der Waals surface area contributed by atoms with E-state index in [0.29, 0.717) is 26.4 Å². The zero-order valence-electron chi connectivity index (χ0n) is 9.11. The zero-order valence-corrected chi connectivity index (χ0v) is 9.11. The van der Waals surface area contributed by atoms with E-state index in [9.17, 15) is 0 Å². The maximum Gasteiger partial charge on any atom is 0.0719 e. The summed E-state index contributed by atoms with van der Waals surface area (Å²) in [7, 11) is 0. The summed E-state index contributed by atoms with van der Waals surface area (Å²) in [6.45, 7) is 5.02. The first-order valence-corrected chi connectivity index (χ1v) is 5.16. The maximum atomic E-state index is 5.49. The summed E-state index contributed by atoms with van der Waals surface area (Å²) in [5.41, 5.74) is 7.48. The first-order valence-electron chi connectivity index (χ1n) is 5.16. The van der Waals surface area contributed by atoms with E-state index in [-0.39, 0.29) is 0 Å². The highest BCUT2D eigenvalue weighted by molar-refractivity contribution is 5.15. The summed E-state index contributed by atoms with van der Waals surface area (Å²) < 4.78 is 10.6. The van der Waals surface area contributed by atoms with Crippen LogP contribution in [0.2, 0.25) is 0 Å². The quantitative estimate of drug-likeness (QED) is 0.684. The average molecular weight is 210 g/mol. The summed E-state index contributed by atoms with van der Waals surface area (Å²) in [5.74, 6) is 0. The van der Waals surface area contributed by atoms with E-state index in [4.69, 9.17) is 15.2 Å². The molecule has 0 aliphatic rings. The Bertz CT molecular complexity index is 279. The predicted octanol–water partition coefficient (Wildman–Crippen LogP) is 1.09. The Morgan fingerprint density at radius 1 is 1.33 bits per heavy atom. The number of hydrogen-bond donors (Lipinski definition) is 1. The van der Waals surface area contributed by atoms with E-state index in [1.165, 1.54) is 0 Å². The molecule has 0 amide bonds. The Balaban J connectivity index is 2.24. The molecule has 0 unspecified atom stereocenters. The monoisotopic (exact) mass is 210 g/mol. The van der Waals surface area contributed by atoms with Crippen LogP contribution in [0.25, 0.3) is 0 Å². The van der Waals surface area contributed by atoms with Gasteiger partial charge in [0, 0.05) is 19.3 Å². The molecule has 15 heavy (non-hydrogen) atoms. The van der Waals surface area contributed by atoms with Crippen molar-refractivity contribution in [1.82, 2.24) is 4.98 Å². The van der Waals surface area contributed by atoms with Gasteiger partial charge in [-0.1, -0.05) is 0 Å². The number of pyridine rings is 1. The fourth-order valence-corrected chi connectivity index (χ4v) is 1.18. The first-order chi connectivity index (χ1) is 7.36. The van der Waals surface area contributed by atoms with Crippen LogP contribution in [-0.2, 0) is 22.6 Å². The van der Waals surface area contributed by atoms with Gasteiger partial charge in [0.1, 0.15) is 0 Å². The van der Waals surface area contributed by atoms with Crippen LogP contribution >= 0.6 is 0 Å². The Hall–Kier alpha value is -0.970. The zero-order chi connectivity index (χ0) is 10.9. The molecule has 0 fully saturated rings. The number of hydrogen-bond acceptors (Lipinski definition) is 4. The van der Waals surface area contributed by atoms with Crippen LogP contribution in [0.5, 0.6) is 0 Å². The second-order valence-electron chi connectivity index (χ2n) is 3.11. The Morgan fingerprint density at radius 2 is 2.13 bits per heavy atom. The van der Waals surface area contributed by atoms with E-state index < -0.39 is 0 Å². The van der Waals surface area contributed by atoms with Crippen LogP contribution in [0, 0.1) is 0 Å². The molecule has 1 rings (SSSR count). The average Bonchev–Trinajstić information content (AvgIpc) is 2.29. The Morgan fingerprint density at radius 3 is 2.87 bits per heavy atom. The van der Waals surface area contributed by atoms with E-state index in [1.54, 1.807) is 6.20 Å². The molecule has 0 aromatic carbocycles.